The number of methoxy groups -OCH3 is 1. The second kappa shape index (κ2) is 6.71. The van der Waals surface area contributed by atoms with Crippen molar-refractivity contribution in [2.75, 3.05) is 12.8 Å². The zero-order valence-electron chi connectivity index (χ0n) is 10.7. The smallest absolute Gasteiger partial charge is 0.343 e. The molecule has 0 aliphatic heterocycles. The fraction of sp³-hybridized carbons (Fsp3) is 0.154. The van der Waals surface area contributed by atoms with Crippen molar-refractivity contribution in [3.63, 3.8) is 0 Å². The number of nitrogen functional groups attached to an aromatic ring is 1. The van der Waals surface area contributed by atoms with Gasteiger partial charge < -0.3 is 10.5 Å². The highest BCUT2D eigenvalue weighted by molar-refractivity contribution is 9.10. The molecule has 0 bridgehead atoms. The van der Waals surface area contributed by atoms with E-state index in [2.05, 4.69) is 30.6 Å². The normalized spacial score (nSPS) is 10.3. The van der Waals surface area contributed by atoms with Crippen LogP contribution in [0.15, 0.2) is 39.8 Å². The third kappa shape index (κ3) is 3.49. The van der Waals surface area contributed by atoms with E-state index >= 15 is 0 Å². The van der Waals surface area contributed by atoms with Crippen LogP contribution in [-0.4, -0.2) is 23.0 Å². The summed E-state index contributed by atoms with van der Waals surface area (Å²) in [5, 5.41) is 0. The van der Waals surface area contributed by atoms with Gasteiger partial charge in [0.05, 0.1) is 12.9 Å². The van der Waals surface area contributed by atoms with E-state index in [1.54, 1.807) is 11.8 Å². The first-order chi connectivity index (χ1) is 9.61. The average molecular weight is 354 g/mol. The highest BCUT2D eigenvalue weighted by atomic mass is 79.9. The molecule has 1 aromatic heterocycles. The van der Waals surface area contributed by atoms with Crippen molar-refractivity contribution < 1.29 is 9.53 Å². The second-order valence-corrected chi connectivity index (χ2v) is 5.67. The number of hydrogen-bond donors (Lipinski definition) is 1. The first kappa shape index (κ1) is 14.8. The zero-order valence-corrected chi connectivity index (χ0v) is 13.1. The predicted octanol–water partition coefficient (Wildman–Crippen LogP) is 2.90. The van der Waals surface area contributed by atoms with E-state index in [0.29, 0.717) is 11.6 Å². The number of nitrogens with two attached hydrogens (primary N) is 1. The number of ether oxygens (including phenoxy) is 1. The van der Waals surface area contributed by atoms with Gasteiger partial charge in [0.25, 0.3) is 0 Å². The fourth-order valence-electron chi connectivity index (χ4n) is 1.47. The summed E-state index contributed by atoms with van der Waals surface area (Å²) in [4.78, 5) is 20.7. The van der Waals surface area contributed by atoms with Gasteiger partial charge in [0.1, 0.15) is 17.2 Å². The van der Waals surface area contributed by atoms with E-state index in [1.807, 2.05) is 24.3 Å². The summed E-state index contributed by atoms with van der Waals surface area (Å²) < 4.78 is 5.61. The van der Waals surface area contributed by atoms with Gasteiger partial charge in [-0.05, 0) is 28.1 Å². The summed E-state index contributed by atoms with van der Waals surface area (Å²) in [5.74, 6) is 0.729. The Morgan fingerprint density at radius 1 is 1.45 bits per heavy atom. The van der Waals surface area contributed by atoms with Crippen molar-refractivity contribution in [1.82, 2.24) is 9.97 Å². The summed E-state index contributed by atoms with van der Waals surface area (Å²) in [6.07, 6.45) is 1.39. The molecule has 0 fully saturated rings. The molecule has 0 atom stereocenters. The van der Waals surface area contributed by atoms with Gasteiger partial charge in [-0.2, -0.15) is 0 Å². The molecule has 0 aliphatic carbocycles. The minimum atomic E-state index is -0.535. The van der Waals surface area contributed by atoms with Gasteiger partial charge in [-0.1, -0.05) is 12.1 Å². The molecular formula is C13H12BrN3O2S. The molecule has 1 aromatic carbocycles. The van der Waals surface area contributed by atoms with E-state index < -0.39 is 5.97 Å². The number of aromatic nitrogens is 2. The van der Waals surface area contributed by atoms with Crippen LogP contribution in [0.25, 0.3) is 0 Å². The van der Waals surface area contributed by atoms with E-state index in [4.69, 9.17) is 5.73 Å². The van der Waals surface area contributed by atoms with Gasteiger partial charge in [0.2, 0.25) is 0 Å². The van der Waals surface area contributed by atoms with Gasteiger partial charge >= 0.3 is 5.97 Å². The number of esters is 1. The van der Waals surface area contributed by atoms with Gasteiger partial charge in [0.15, 0.2) is 0 Å². The van der Waals surface area contributed by atoms with Crippen LogP contribution < -0.4 is 5.73 Å². The minimum absolute atomic E-state index is 0.134. The van der Waals surface area contributed by atoms with Crippen molar-refractivity contribution in [3.8, 4) is 0 Å². The molecule has 1 heterocycles. The zero-order chi connectivity index (χ0) is 14.5. The van der Waals surface area contributed by atoms with Crippen molar-refractivity contribution in [2.45, 2.75) is 10.6 Å². The maximum Gasteiger partial charge on any atom is 0.343 e. The van der Waals surface area contributed by atoms with Crippen LogP contribution in [0.2, 0.25) is 0 Å². The van der Waals surface area contributed by atoms with E-state index in [1.165, 1.54) is 13.3 Å². The van der Waals surface area contributed by atoms with Gasteiger partial charge in [-0.15, -0.1) is 11.8 Å². The Balaban J connectivity index is 2.10. The lowest BCUT2D eigenvalue weighted by molar-refractivity contribution is 0.0601. The molecule has 0 amide bonds. The molecule has 2 N–H and O–H groups in total. The number of rotatable bonds is 4. The first-order valence-electron chi connectivity index (χ1n) is 5.69. The third-order valence-electron chi connectivity index (χ3n) is 2.47. The maximum atomic E-state index is 11.4. The largest absolute Gasteiger partial charge is 0.465 e. The van der Waals surface area contributed by atoms with Gasteiger partial charge in [-0.3, -0.25) is 0 Å². The van der Waals surface area contributed by atoms with E-state index in [0.717, 1.165) is 9.37 Å². The minimum Gasteiger partial charge on any atom is -0.465 e. The average Bonchev–Trinajstić information content (AvgIpc) is 2.46. The molecule has 0 spiro atoms. The lowest BCUT2D eigenvalue weighted by atomic mass is 10.3. The Kier molecular flexibility index (Phi) is 4.97. The topological polar surface area (TPSA) is 78.1 Å². The molecular weight excluding hydrogens is 342 g/mol. The molecule has 0 radical (unpaired) electrons. The summed E-state index contributed by atoms with van der Waals surface area (Å²) in [5.41, 5.74) is 5.91. The number of halogens is 1. The monoisotopic (exact) mass is 353 g/mol. The number of carbonyl (C=O) groups is 1. The molecule has 0 unspecified atom stereocenters. The Hall–Kier alpha value is -1.60. The lowest BCUT2D eigenvalue weighted by Gasteiger charge is -2.06. The maximum absolute atomic E-state index is 11.4. The molecule has 5 nitrogen and oxygen atoms in total. The van der Waals surface area contributed by atoms with E-state index in [9.17, 15) is 4.79 Å². The Morgan fingerprint density at radius 2 is 2.20 bits per heavy atom. The molecule has 20 heavy (non-hydrogen) atoms. The summed E-state index contributed by atoms with van der Waals surface area (Å²) >= 11 is 5.06. The number of hydrogen-bond acceptors (Lipinski definition) is 6. The Morgan fingerprint density at radius 3 is 2.85 bits per heavy atom. The van der Waals surface area contributed by atoms with Gasteiger partial charge in [-0.25, -0.2) is 14.8 Å². The number of thioether (sulfide) groups is 1. The Labute approximate surface area is 129 Å². The summed E-state index contributed by atoms with van der Waals surface area (Å²) in [7, 11) is 1.29. The molecule has 2 rings (SSSR count). The number of anilines is 1. The number of carbonyl (C=O) groups excluding carboxylic acids is 1. The summed E-state index contributed by atoms with van der Waals surface area (Å²) in [6.45, 7) is 0. The number of benzene rings is 1. The van der Waals surface area contributed by atoms with Crippen molar-refractivity contribution >= 4 is 39.5 Å². The highest BCUT2D eigenvalue weighted by Crippen LogP contribution is 2.29. The first-order valence-corrected chi connectivity index (χ1v) is 7.46. The van der Waals surface area contributed by atoms with Crippen molar-refractivity contribution in [3.05, 3.63) is 46.3 Å². The quantitative estimate of drug-likeness (QED) is 0.672. The third-order valence-corrected chi connectivity index (χ3v) is 4.49. The van der Waals surface area contributed by atoms with Crippen LogP contribution in [0.3, 0.4) is 0 Å². The van der Waals surface area contributed by atoms with Gasteiger partial charge in [0, 0.05) is 15.6 Å². The van der Waals surface area contributed by atoms with Crippen LogP contribution in [0.1, 0.15) is 16.2 Å². The van der Waals surface area contributed by atoms with Crippen LogP contribution in [0.5, 0.6) is 0 Å². The van der Waals surface area contributed by atoms with Crippen molar-refractivity contribution in [1.29, 1.82) is 0 Å². The second-order valence-electron chi connectivity index (χ2n) is 3.80. The van der Waals surface area contributed by atoms with Crippen LogP contribution in [-0.2, 0) is 10.5 Å². The standard InChI is InChI=1S/C13H12BrN3O2S/c1-19-13(18)8-6-16-11(17-12(8)15)7-20-10-5-3-2-4-9(10)14/h2-6H,7H2,1H3,(H2,15,16,17). The SMILES string of the molecule is COC(=O)c1cnc(CSc2ccccc2Br)nc1N. The fourth-order valence-corrected chi connectivity index (χ4v) is 2.91. The lowest BCUT2D eigenvalue weighted by Crippen LogP contribution is -2.09. The van der Waals surface area contributed by atoms with Crippen molar-refractivity contribution in [2.24, 2.45) is 0 Å². The van der Waals surface area contributed by atoms with Crippen LogP contribution in [0.4, 0.5) is 5.82 Å². The molecule has 7 heteroatoms. The van der Waals surface area contributed by atoms with Crippen LogP contribution in [0, 0.1) is 0 Å². The molecule has 0 aliphatic rings. The molecule has 104 valence electrons. The highest BCUT2D eigenvalue weighted by Gasteiger charge is 2.13. The Bertz CT molecular complexity index is 637. The molecule has 2 aromatic rings. The van der Waals surface area contributed by atoms with Crippen LogP contribution >= 0.6 is 27.7 Å². The number of nitrogens with zero attached hydrogens (tertiary/aromatic N) is 2. The molecule has 0 saturated heterocycles. The molecule has 0 saturated carbocycles. The van der Waals surface area contributed by atoms with E-state index in [-0.39, 0.29) is 11.4 Å². The summed E-state index contributed by atoms with van der Waals surface area (Å²) in [6, 6.07) is 7.88. The predicted molar refractivity (Wildman–Crippen MR) is 81.5 cm³/mol.